The molecule has 0 saturated carbocycles. The highest BCUT2D eigenvalue weighted by Gasteiger charge is 2.26. The normalized spacial score (nSPS) is 18.1. The molecule has 2 aromatic rings. The molecule has 0 aromatic carbocycles. The Hall–Kier alpha value is -3.75. The van der Waals surface area contributed by atoms with Gasteiger partial charge in [0.1, 0.15) is 11.6 Å². The van der Waals surface area contributed by atoms with E-state index in [1.54, 1.807) is 31.5 Å². The average Bonchev–Trinajstić information content (AvgIpc) is 2.87. The molecule has 2 aromatic heterocycles. The van der Waals surface area contributed by atoms with Crippen LogP contribution in [0.2, 0.25) is 0 Å². The highest BCUT2D eigenvalue weighted by molar-refractivity contribution is 7.89. The van der Waals surface area contributed by atoms with Crippen LogP contribution in [0.1, 0.15) is 27.2 Å². The monoisotopic (exact) mass is 507 g/mol. The number of ether oxygens (including phenoxy) is 1. The van der Waals surface area contributed by atoms with E-state index in [9.17, 15) is 8.42 Å². The van der Waals surface area contributed by atoms with Gasteiger partial charge in [-0.2, -0.15) is 14.6 Å². The first-order valence-electron chi connectivity index (χ1n) is 11.7. The summed E-state index contributed by atoms with van der Waals surface area (Å²) in [6, 6.07) is 7.55. The SMILES string of the molecule is CCS(=O)(=O)N1CCN(c2ccc(Nc3nccc(OC4=C(C)C/C(=C/C#N)C=C4C)n3)cn2)CC1. The van der Waals surface area contributed by atoms with E-state index in [2.05, 4.69) is 31.2 Å². The Morgan fingerprint density at radius 1 is 1.17 bits per heavy atom. The maximum absolute atomic E-state index is 12.1. The summed E-state index contributed by atoms with van der Waals surface area (Å²) in [7, 11) is -3.16. The Kier molecular flexibility index (Phi) is 7.67. The Morgan fingerprint density at radius 2 is 1.94 bits per heavy atom. The van der Waals surface area contributed by atoms with Gasteiger partial charge in [0.05, 0.1) is 23.7 Å². The molecule has 188 valence electrons. The summed E-state index contributed by atoms with van der Waals surface area (Å²) < 4.78 is 31.7. The van der Waals surface area contributed by atoms with Gasteiger partial charge in [-0.3, -0.25) is 0 Å². The van der Waals surface area contributed by atoms with Gasteiger partial charge in [0.25, 0.3) is 0 Å². The van der Waals surface area contributed by atoms with Crippen LogP contribution in [-0.2, 0) is 10.0 Å². The van der Waals surface area contributed by atoms with E-state index in [1.807, 2.05) is 32.1 Å². The van der Waals surface area contributed by atoms with E-state index >= 15 is 0 Å². The van der Waals surface area contributed by atoms with E-state index in [4.69, 9.17) is 10.00 Å². The van der Waals surface area contributed by atoms with E-state index in [0.717, 1.165) is 34.0 Å². The third-order valence-corrected chi connectivity index (χ3v) is 7.91. The van der Waals surface area contributed by atoms with E-state index in [1.165, 1.54) is 4.31 Å². The van der Waals surface area contributed by atoms with Crippen molar-refractivity contribution in [1.29, 1.82) is 5.26 Å². The molecule has 11 heteroatoms. The molecule has 0 spiro atoms. The molecule has 4 rings (SSSR count). The Balaban J connectivity index is 1.39. The van der Waals surface area contributed by atoms with Crippen molar-refractivity contribution in [3.8, 4) is 11.9 Å². The number of allylic oxidation sites excluding steroid dienone is 5. The summed E-state index contributed by atoms with van der Waals surface area (Å²) >= 11 is 0. The highest BCUT2D eigenvalue weighted by Crippen LogP contribution is 2.30. The van der Waals surface area contributed by atoms with Crippen LogP contribution >= 0.6 is 0 Å². The maximum atomic E-state index is 12.1. The molecular weight excluding hydrogens is 478 g/mol. The van der Waals surface area contributed by atoms with Crippen LogP contribution in [0.15, 0.2) is 65.2 Å². The fraction of sp³-hybridized carbons (Fsp3) is 0.360. The first-order chi connectivity index (χ1) is 17.3. The second-order valence-electron chi connectivity index (χ2n) is 8.60. The number of anilines is 3. The maximum Gasteiger partial charge on any atom is 0.230 e. The molecule has 1 aliphatic heterocycles. The van der Waals surface area contributed by atoms with Gasteiger partial charge in [0, 0.05) is 44.5 Å². The van der Waals surface area contributed by atoms with Crippen molar-refractivity contribution >= 4 is 27.5 Å². The Labute approximate surface area is 211 Å². The molecule has 36 heavy (non-hydrogen) atoms. The summed E-state index contributed by atoms with van der Waals surface area (Å²) in [5, 5.41) is 12.1. The molecular formula is C25H29N7O3S. The molecule has 1 fully saturated rings. The topological polar surface area (TPSA) is 124 Å². The summed E-state index contributed by atoms with van der Waals surface area (Å²) in [5.74, 6) is 2.44. The minimum absolute atomic E-state index is 0.119. The van der Waals surface area contributed by atoms with Crippen molar-refractivity contribution in [1.82, 2.24) is 19.3 Å². The van der Waals surface area contributed by atoms with Crippen molar-refractivity contribution in [3.05, 3.63) is 65.2 Å². The molecule has 1 saturated heterocycles. The van der Waals surface area contributed by atoms with Crippen molar-refractivity contribution in [2.45, 2.75) is 27.2 Å². The second-order valence-corrected chi connectivity index (χ2v) is 10.9. The summed E-state index contributed by atoms with van der Waals surface area (Å²) in [4.78, 5) is 15.3. The minimum Gasteiger partial charge on any atom is -0.439 e. The number of piperazine rings is 1. The predicted molar refractivity (Wildman–Crippen MR) is 138 cm³/mol. The van der Waals surface area contributed by atoms with Gasteiger partial charge in [0.15, 0.2) is 0 Å². The number of rotatable bonds is 7. The number of nitrogens with one attached hydrogen (secondary N) is 1. The fourth-order valence-electron chi connectivity index (χ4n) is 4.18. The van der Waals surface area contributed by atoms with Crippen molar-refractivity contribution in [2.75, 3.05) is 42.1 Å². The number of aromatic nitrogens is 3. The Morgan fingerprint density at radius 3 is 2.58 bits per heavy atom. The van der Waals surface area contributed by atoms with Gasteiger partial charge in [-0.05, 0) is 56.0 Å². The number of hydrogen-bond acceptors (Lipinski definition) is 9. The molecule has 10 nitrogen and oxygen atoms in total. The summed E-state index contributed by atoms with van der Waals surface area (Å²) in [6.45, 7) is 7.69. The molecule has 0 atom stereocenters. The standard InChI is InChI=1S/C25H29N7O3S/c1-4-36(33,34)32-13-11-31(12-14-32)22-6-5-21(17-28-22)29-25-27-10-8-23(30-25)35-24-18(2)15-20(7-9-26)16-19(24)3/h5-8,10,15,17H,4,11-14,16H2,1-3H3,(H,27,29,30)/b20-7+. The van der Waals surface area contributed by atoms with Crippen LogP contribution in [0.5, 0.6) is 5.88 Å². The predicted octanol–water partition coefficient (Wildman–Crippen LogP) is 3.54. The molecule has 2 aliphatic rings. The molecule has 0 radical (unpaired) electrons. The lowest BCUT2D eigenvalue weighted by atomic mass is 9.95. The van der Waals surface area contributed by atoms with Gasteiger partial charge in [0.2, 0.25) is 21.9 Å². The zero-order valence-electron chi connectivity index (χ0n) is 20.6. The van der Waals surface area contributed by atoms with Crippen molar-refractivity contribution < 1.29 is 13.2 Å². The smallest absolute Gasteiger partial charge is 0.230 e. The zero-order valence-corrected chi connectivity index (χ0v) is 21.4. The van der Waals surface area contributed by atoms with Crippen molar-refractivity contribution in [3.63, 3.8) is 0 Å². The quantitative estimate of drug-likeness (QED) is 0.560. The van der Waals surface area contributed by atoms with Crippen LogP contribution in [0.4, 0.5) is 17.5 Å². The average molecular weight is 508 g/mol. The van der Waals surface area contributed by atoms with Crippen LogP contribution in [-0.4, -0.2) is 59.6 Å². The van der Waals surface area contributed by atoms with Gasteiger partial charge < -0.3 is 15.0 Å². The van der Waals surface area contributed by atoms with Crippen LogP contribution < -0.4 is 15.0 Å². The van der Waals surface area contributed by atoms with Crippen molar-refractivity contribution in [2.24, 2.45) is 0 Å². The first-order valence-corrected chi connectivity index (χ1v) is 13.3. The lowest BCUT2D eigenvalue weighted by Gasteiger charge is -2.34. The van der Waals surface area contributed by atoms with Gasteiger partial charge >= 0.3 is 0 Å². The molecule has 3 heterocycles. The largest absolute Gasteiger partial charge is 0.439 e. The Bertz CT molecular complexity index is 1350. The summed E-state index contributed by atoms with van der Waals surface area (Å²) in [6.07, 6.45) is 7.46. The zero-order chi connectivity index (χ0) is 25.7. The van der Waals surface area contributed by atoms with Crippen LogP contribution in [0.3, 0.4) is 0 Å². The van der Waals surface area contributed by atoms with Crippen LogP contribution in [0, 0.1) is 11.3 Å². The number of hydrogen-bond donors (Lipinski definition) is 1. The number of sulfonamides is 1. The van der Waals surface area contributed by atoms with Crippen LogP contribution in [0.25, 0.3) is 0 Å². The minimum atomic E-state index is -3.16. The number of pyridine rings is 1. The van der Waals surface area contributed by atoms with E-state index in [-0.39, 0.29) is 5.75 Å². The summed E-state index contributed by atoms with van der Waals surface area (Å²) in [5.41, 5.74) is 3.63. The molecule has 1 N–H and O–H groups in total. The van der Waals surface area contributed by atoms with Gasteiger partial charge in [-0.1, -0.05) is 6.08 Å². The molecule has 0 bridgehead atoms. The highest BCUT2D eigenvalue weighted by atomic mass is 32.2. The first kappa shape index (κ1) is 25.3. The van der Waals surface area contributed by atoms with E-state index < -0.39 is 10.0 Å². The fourth-order valence-corrected chi connectivity index (χ4v) is 5.26. The number of nitriles is 1. The van der Waals surface area contributed by atoms with Gasteiger partial charge in [-0.25, -0.2) is 18.4 Å². The van der Waals surface area contributed by atoms with Gasteiger partial charge in [-0.15, -0.1) is 0 Å². The molecule has 0 unspecified atom stereocenters. The van der Waals surface area contributed by atoms with E-state index in [0.29, 0.717) is 44.4 Å². The lowest BCUT2D eigenvalue weighted by Crippen LogP contribution is -2.49. The molecule has 0 amide bonds. The second kappa shape index (κ2) is 10.9. The lowest BCUT2D eigenvalue weighted by molar-refractivity contribution is 0.384. The third-order valence-electron chi connectivity index (χ3n) is 6.03. The number of nitrogens with zero attached hydrogens (tertiary/aromatic N) is 6. The molecule has 1 aliphatic carbocycles. The third kappa shape index (κ3) is 5.90.